The van der Waals surface area contributed by atoms with E-state index in [-0.39, 0.29) is 48.9 Å². The molecule has 13 heteroatoms. The van der Waals surface area contributed by atoms with Gasteiger partial charge < -0.3 is 19.7 Å². The van der Waals surface area contributed by atoms with E-state index in [1.54, 1.807) is 0 Å². The van der Waals surface area contributed by atoms with Crippen molar-refractivity contribution in [3.8, 4) is 0 Å². The molecule has 0 saturated carbocycles. The van der Waals surface area contributed by atoms with Gasteiger partial charge in [-0.3, -0.25) is 9.59 Å². The van der Waals surface area contributed by atoms with Crippen molar-refractivity contribution in [2.75, 3.05) is 11.5 Å². The molecule has 2 atom stereocenters. The summed E-state index contributed by atoms with van der Waals surface area (Å²) in [7, 11) is -8.58. The van der Waals surface area contributed by atoms with Crippen molar-refractivity contribution in [2.45, 2.75) is 39.8 Å². The molecule has 0 rings (SSSR count). The van der Waals surface area contributed by atoms with Crippen molar-refractivity contribution in [1.29, 1.82) is 0 Å². The maximum absolute atomic E-state index is 10.9. The van der Waals surface area contributed by atoms with Crippen LogP contribution < -0.4 is 10.6 Å². The van der Waals surface area contributed by atoms with Gasteiger partial charge in [0, 0.05) is 23.2 Å². The fraction of sp³-hybridized carbons (Fsp3) is 0.571. The molecule has 2 unspecified atom stereocenters. The molecule has 0 aliphatic heterocycles. The van der Waals surface area contributed by atoms with Crippen LogP contribution in [0.25, 0.3) is 0 Å². The number of carbonyl (C=O) groups excluding carboxylic acids is 2. The summed E-state index contributed by atoms with van der Waals surface area (Å²) < 4.78 is 61.6. The fourth-order valence-corrected chi connectivity index (χ4v) is 2.78. The Bertz CT molecular complexity index is 683. The van der Waals surface area contributed by atoms with Gasteiger partial charge in [-0.2, -0.15) is 0 Å². The summed E-state index contributed by atoms with van der Waals surface area (Å²) in [5, 5.41) is 4.64. The van der Waals surface area contributed by atoms with Crippen LogP contribution in [0.3, 0.4) is 0 Å². The molecular weight excluding hydrogens is 428 g/mol. The van der Waals surface area contributed by atoms with E-state index in [2.05, 4.69) is 23.8 Å². The molecule has 0 aromatic heterocycles. The summed E-state index contributed by atoms with van der Waals surface area (Å²) in [4.78, 5) is 21.9. The van der Waals surface area contributed by atoms with Crippen LogP contribution >= 0.6 is 0 Å². The minimum absolute atomic E-state index is 0. The van der Waals surface area contributed by atoms with Crippen molar-refractivity contribution >= 4 is 69.8 Å². The first kappa shape index (κ1) is 31.2. The minimum atomic E-state index is -4.29. The Morgan fingerprint density at radius 2 is 1.04 bits per heavy atom. The Hall–Kier alpha value is -0.500. The molecule has 0 aliphatic carbocycles. The van der Waals surface area contributed by atoms with Crippen LogP contribution in [-0.4, -0.2) is 99.1 Å². The number of amides is 2. The monoisotopic (exact) mass is 452 g/mol. The number of nitrogens with one attached hydrogen (secondary N) is 2. The summed E-state index contributed by atoms with van der Waals surface area (Å²) in [6, 6.07) is -1.38. The first-order valence-electron chi connectivity index (χ1n) is 7.24. The molecule has 0 bridgehead atoms. The molecule has 0 heterocycles. The average molecular weight is 453 g/mol. The second kappa shape index (κ2) is 13.6. The third-order valence-electron chi connectivity index (χ3n) is 2.44. The van der Waals surface area contributed by atoms with Gasteiger partial charge >= 0.3 is 37.7 Å². The Labute approximate surface area is 190 Å². The molecule has 10 nitrogen and oxygen atoms in total. The fourth-order valence-electron chi connectivity index (χ4n) is 1.39. The van der Waals surface area contributed by atoms with Crippen LogP contribution in [0.5, 0.6) is 0 Å². The van der Waals surface area contributed by atoms with Crippen molar-refractivity contribution in [3.63, 3.8) is 0 Å². The number of rotatable bonds is 8. The molecule has 2 N–H and O–H groups in total. The Balaban J connectivity index is -0.000000411. The van der Waals surface area contributed by atoms with Crippen LogP contribution in [0.4, 0.5) is 0 Å². The zero-order valence-electron chi connectivity index (χ0n) is 15.8. The first-order chi connectivity index (χ1) is 11.4. The molecule has 0 fully saturated rings. The normalized spacial score (nSPS) is 13.0. The van der Waals surface area contributed by atoms with Crippen LogP contribution in [0.15, 0.2) is 24.3 Å². The van der Waals surface area contributed by atoms with E-state index >= 15 is 0 Å². The molecule has 27 heavy (non-hydrogen) atoms. The van der Waals surface area contributed by atoms with Gasteiger partial charge in [0.2, 0.25) is 11.8 Å². The molecule has 0 aromatic rings. The van der Waals surface area contributed by atoms with E-state index < -0.39 is 55.6 Å². The van der Waals surface area contributed by atoms with Gasteiger partial charge in [-0.25, -0.2) is 16.8 Å². The largest absolute Gasteiger partial charge is 2.00 e. The van der Waals surface area contributed by atoms with Crippen molar-refractivity contribution in [1.82, 2.24) is 10.6 Å². The summed E-state index contributed by atoms with van der Waals surface area (Å²) in [6.07, 6.45) is 0. The minimum Gasteiger partial charge on any atom is -0.748 e. The molecule has 2 amide bonds. The molecule has 0 aliphatic rings. The summed E-state index contributed by atoms with van der Waals surface area (Å²) in [5.41, 5.74) is 0.547. The standard InChI is InChI=1S/2C7H13NO4S.Ca/c2*1-5(2)7(9)8-6(3)4-13(10,11)12;/h2*6H,1,4H2,2-3H3,(H,8,9)(H,10,11,12);/q;;+2/p-2. The van der Waals surface area contributed by atoms with Crippen molar-refractivity contribution in [2.24, 2.45) is 0 Å². The van der Waals surface area contributed by atoms with Crippen molar-refractivity contribution in [3.05, 3.63) is 24.3 Å². The van der Waals surface area contributed by atoms with Gasteiger partial charge in [0.05, 0.1) is 31.7 Å². The van der Waals surface area contributed by atoms with Crippen molar-refractivity contribution < 1.29 is 35.5 Å². The van der Waals surface area contributed by atoms with E-state index in [1.807, 2.05) is 0 Å². The summed E-state index contributed by atoms with van der Waals surface area (Å²) in [6.45, 7) is 12.6. The van der Waals surface area contributed by atoms with E-state index in [1.165, 1.54) is 27.7 Å². The second-order valence-corrected chi connectivity index (χ2v) is 8.66. The maximum Gasteiger partial charge on any atom is 2.00 e. The van der Waals surface area contributed by atoms with E-state index in [0.717, 1.165) is 0 Å². The SMILES string of the molecule is C=C(C)C(=O)NC(C)CS(=O)(=O)[O-].C=C(C)C(=O)NC(C)CS(=O)(=O)[O-].[Ca+2]. The average Bonchev–Trinajstić information content (AvgIpc) is 2.33. The predicted molar refractivity (Wildman–Crippen MR) is 99.7 cm³/mol. The number of carbonyl (C=O) groups is 2. The van der Waals surface area contributed by atoms with Crippen LogP contribution in [0.1, 0.15) is 27.7 Å². The zero-order valence-corrected chi connectivity index (χ0v) is 19.6. The van der Waals surface area contributed by atoms with Gasteiger partial charge in [0.15, 0.2) is 0 Å². The molecule has 152 valence electrons. The van der Waals surface area contributed by atoms with E-state index in [9.17, 15) is 35.5 Å². The zero-order chi connectivity index (χ0) is 21.3. The Kier molecular flexibility index (Phi) is 15.8. The predicted octanol–water partition coefficient (Wildman–Crippen LogP) is -1.16. The molecular formula is C14H24CaN2O8S2. The van der Waals surface area contributed by atoms with E-state index in [4.69, 9.17) is 0 Å². The number of hydrogen-bond donors (Lipinski definition) is 2. The topological polar surface area (TPSA) is 173 Å². The van der Waals surface area contributed by atoms with Crippen LogP contribution in [-0.2, 0) is 29.8 Å². The Morgan fingerprint density at radius 3 is 1.19 bits per heavy atom. The third kappa shape index (κ3) is 21.7. The van der Waals surface area contributed by atoms with Gasteiger partial charge in [-0.15, -0.1) is 0 Å². The molecule has 0 spiro atoms. The Morgan fingerprint density at radius 1 is 0.815 bits per heavy atom. The maximum atomic E-state index is 10.9. The molecule has 0 radical (unpaired) electrons. The van der Waals surface area contributed by atoms with Gasteiger partial charge in [0.1, 0.15) is 0 Å². The van der Waals surface area contributed by atoms with Crippen LogP contribution in [0.2, 0.25) is 0 Å². The quantitative estimate of drug-likeness (QED) is 0.264. The van der Waals surface area contributed by atoms with Gasteiger partial charge in [-0.05, 0) is 27.7 Å². The molecule has 0 aromatic carbocycles. The van der Waals surface area contributed by atoms with Gasteiger partial charge in [0.25, 0.3) is 0 Å². The van der Waals surface area contributed by atoms with Gasteiger partial charge in [-0.1, -0.05) is 13.2 Å². The summed E-state index contributed by atoms with van der Waals surface area (Å²) in [5.74, 6) is -2.11. The number of hydrogen-bond acceptors (Lipinski definition) is 8. The summed E-state index contributed by atoms with van der Waals surface area (Å²) >= 11 is 0. The van der Waals surface area contributed by atoms with Crippen LogP contribution in [0, 0.1) is 0 Å². The first-order valence-corrected chi connectivity index (χ1v) is 10.4. The third-order valence-corrected chi connectivity index (χ3v) is 4.25. The van der Waals surface area contributed by atoms with E-state index in [0.29, 0.717) is 0 Å². The second-order valence-electron chi connectivity index (χ2n) is 5.76. The smallest absolute Gasteiger partial charge is 0.748 e. The molecule has 0 saturated heterocycles.